The monoisotopic (exact) mass is 250 g/mol. The van der Waals surface area contributed by atoms with E-state index in [1.807, 2.05) is 30.0 Å². The van der Waals surface area contributed by atoms with Gasteiger partial charge in [-0.3, -0.25) is 0 Å². The Kier molecular flexibility index (Phi) is 3.77. The molecule has 0 spiro atoms. The molecule has 1 unspecified atom stereocenters. The number of hydrogen-bond donors (Lipinski definition) is 1. The molecule has 1 heterocycles. The van der Waals surface area contributed by atoms with E-state index in [9.17, 15) is 8.78 Å². The van der Waals surface area contributed by atoms with Gasteiger partial charge in [0.15, 0.2) is 11.6 Å². The Balaban J connectivity index is 2.08. The van der Waals surface area contributed by atoms with Crippen LogP contribution in [0.1, 0.15) is 18.1 Å². The molecule has 1 aromatic heterocycles. The van der Waals surface area contributed by atoms with Gasteiger partial charge >= 0.3 is 0 Å². The van der Waals surface area contributed by atoms with Gasteiger partial charge in [0.1, 0.15) is 0 Å². The highest BCUT2D eigenvalue weighted by molar-refractivity contribution is 5.20. The van der Waals surface area contributed by atoms with Crippen molar-refractivity contribution in [2.75, 3.05) is 0 Å². The van der Waals surface area contributed by atoms with Crippen LogP contribution in [0.2, 0.25) is 0 Å². The van der Waals surface area contributed by atoms with Gasteiger partial charge in [-0.05, 0) is 42.7 Å². The second-order valence-electron chi connectivity index (χ2n) is 4.62. The van der Waals surface area contributed by atoms with Crippen LogP contribution in [0.4, 0.5) is 8.78 Å². The number of aromatic nitrogens is 1. The molecule has 18 heavy (non-hydrogen) atoms. The maximum atomic E-state index is 13.1. The third-order valence-corrected chi connectivity index (χ3v) is 2.72. The Bertz CT molecular complexity index is 532. The molecule has 0 aliphatic heterocycles. The van der Waals surface area contributed by atoms with Crippen molar-refractivity contribution in [1.29, 1.82) is 0 Å². The Hall–Kier alpha value is -1.68. The van der Waals surface area contributed by atoms with Gasteiger partial charge in [-0.25, -0.2) is 8.78 Å². The number of benzene rings is 1. The van der Waals surface area contributed by atoms with Crippen molar-refractivity contribution in [2.45, 2.75) is 25.9 Å². The first-order valence-corrected chi connectivity index (χ1v) is 5.89. The highest BCUT2D eigenvalue weighted by Crippen LogP contribution is 2.11. The summed E-state index contributed by atoms with van der Waals surface area (Å²) < 4.78 is 27.8. The standard InChI is InChI=1S/C14H16F2N2/c1-10(17)6-12-4-5-18(9-12)8-11-2-3-13(15)14(16)7-11/h2-5,7,9-10H,6,8,17H2,1H3. The number of hydrogen-bond acceptors (Lipinski definition) is 1. The van der Waals surface area contributed by atoms with E-state index in [1.54, 1.807) is 6.07 Å². The van der Waals surface area contributed by atoms with Gasteiger partial charge in [0.05, 0.1) is 0 Å². The van der Waals surface area contributed by atoms with Crippen molar-refractivity contribution in [3.05, 3.63) is 59.4 Å². The van der Waals surface area contributed by atoms with Crippen LogP contribution in [0.5, 0.6) is 0 Å². The van der Waals surface area contributed by atoms with E-state index in [0.717, 1.165) is 23.6 Å². The van der Waals surface area contributed by atoms with E-state index in [1.165, 1.54) is 6.07 Å². The molecule has 0 saturated heterocycles. The summed E-state index contributed by atoms with van der Waals surface area (Å²) >= 11 is 0. The summed E-state index contributed by atoms with van der Waals surface area (Å²) in [6.45, 7) is 2.48. The first-order chi connectivity index (χ1) is 8.54. The average Bonchev–Trinajstić information content (AvgIpc) is 2.70. The summed E-state index contributed by atoms with van der Waals surface area (Å²) in [7, 11) is 0. The van der Waals surface area contributed by atoms with E-state index in [2.05, 4.69) is 0 Å². The van der Waals surface area contributed by atoms with Crippen molar-refractivity contribution < 1.29 is 8.78 Å². The molecule has 0 radical (unpaired) electrons. The topological polar surface area (TPSA) is 30.9 Å². The van der Waals surface area contributed by atoms with Crippen LogP contribution < -0.4 is 5.73 Å². The third-order valence-electron chi connectivity index (χ3n) is 2.72. The molecule has 2 N–H and O–H groups in total. The van der Waals surface area contributed by atoms with Crippen molar-refractivity contribution in [2.24, 2.45) is 5.73 Å². The highest BCUT2D eigenvalue weighted by Gasteiger charge is 2.04. The first kappa shape index (κ1) is 12.8. The fourth-order valence-corrected chi connectivity index (χ4v) is 1.93. The van der Waals surface area contributed by atoms with Crippen LogP contribution in [-0.2, 0) is 13.0 Å². The second kappa shape index (κ2) is 5.31. The lowest BCUT2D eigenvalue weighted by Crippen LogP contribution is -2.17. The second-order valence-corrected chi connectivity index (χ2v) is 4.62. The zero-order valence-corrected chi connectivity index (χ0v) is 10.2. The zero-order chi connectivity index (χ0) is 13.1. The molecule has 1 atom stereocenters. The van der Waals surface area contributed by atoms with E-state index in [4.69, 9.17) is 5.73 Å². The van der Waals surface area contributed by atoms with Crippen LogP contribution in [0, 0.1) is 11.6 Å². The fourth-order valence-electron chi connectivity index (χ4n) is 1.93. The molecule has 2 rings (SSSR count). The number of nitrogens with two attached hydrogens (primary N) is 1. The van der Waals surface area contributed by atoms with Crippen molar-refractivity contribution in [3.63, 3.8) is 0 Å². The normalized spacial score (nSPS) is 12.7. The summed E-state index contributed by atoms with van der Waals surface area (Å²) in [4.78, 5) is 0. The predicted molar refractivity (Wildman–Crippen MR) is 67.2 cm³/mol. The zero-order valence-electron chi connectivity index (χ0n) is 10.2. The van der Waals surface area contributed by atoms with Gasteiger partial charge in [0.25, 0.3) is 0 Å². The van der Waals surface area contributed by atoms with Crippen LogP contribution in [-0.4, -0.2) is 10.6 Å². The minimum absolute atomic E-state index is 0.115. The lowest BCUT2D eigenvalue weighted by Gasteiger charge is -2.04. The van der Waals surface area contributed by atoms with Crippen molar-refractivity contribution in [1.82, 2.24) is 4.57 Å². The molecule has 0 amide bonds. The minimum atomic E-state index is -0.816. The first-order valence-electron chi connectivity index (χ1n) is 5.89. The molecule has 2 nitrogen and oxygen atoms in total. The largest absolute Gasteiger partial charge is 0.350 e. The van der Waals surface area contributed by atoms with Crippen molar-refractivity contribution >= 4 is 0 Å². The highest BCUT2D eigenvalue weighted by atomic mass is 19.2. The SMILES string of the molecule is CC(N)Cc1ccn(Cc2ccc(F)c(F)c2)c1. The van der Waals surface area contributed by atoms with Crippen LogP contribution in [0.3, 0.4) is 0 Å². The van der Waals surface area contributed by atoms with E-state index in [-0.39, 0.29) is 6.04 Å². The molecular weight excluding hydrogens is 234 g/mol. The van der Waals surface area contributed by atoms with Crippen LogP contribution in [0.15, 0.2) is 36.7 Å². The fraction of sp³-hybridized carbons (Fsp3) is 0.286. The van der Waals surface area contributed by atoms with Gasteiger partial charge < -0.3 is 10.3 Å². The van der Waals surface area contributed by atoms with Gasteiger partial charge in [-0.2, -0.15) is 0 Å². The Morgan fingerprint density at radius 1 is 1.17 bits per heavy atom. The molecule has 4 heteroatoms. The van der Waals surface area contributed by atoms with E-state index >= 15 is 0 Å². The van der Waals surface area contributed by atoms with Crippen molar-refractivity contribution in [3.8, 4) is 0 Å². The van der Waals surface area contributed by atoms with Gasteiger partial charge in [-0.15, -0.1) is 0 Å². The lowest BCUT2D eigenvalue weighted by atomic mass is 10.1. The van der Waals surface area contributed by atoms with Crippen LogP contribution in [0.25, 0.3) is 0 Å². The molecule has 0 bridgehead atoms. The minimum Gasteiger partial charge on any atom is -0.350 e. The maximum absolute atomic E-state index is 13.1. The molecule has 1 aromatic carbocycles. The summed E-state index contributed by atoms with van der Waals surface area (Å²) in [6.07, 6.45) is 4.70. The molecule has 0 saturated carbocycles. The van der Waals surface area contributed by atoms with E-state index < -0.39 is 11.6 Å². The number of nitrogens with zero attached hydrogens (tertiary/aromatic N) is 1. The Morgan fingerprint density at radius 3 is 2.61 bits per heavy atom. The predicted octanol–water partition coefficient (Wildman–Crippen LogP) is 2.70. The maximum Gasteiger partial charge on any atom is 0.159 e. The van der Waals surface area contributed by atoms with Gasteiger partial charge in [0, 0.05) is 25.0 Å². The summed E-state index contributed by atoms with van der Waals surface area (Å²) in [5, 5.41) is 0. The molecule has 0 fully saturated rings. The average molecular weight is 250 g/mol. The summed E-state index contributed by atoms with van der Waals surface area (Å²) in [6, 6.07) is 6.06. The molecule has 0 aliphatic rings. The van der Waals surface area contributed by atoms with Gasteiger partial charge in [-0.1, -0.05) is 6.07 Å². The molecule has 96 valence electrons. The quantitative estimate of drug-likeness (QED) is 0.888. The Morgan fingerprint density at radius 2 is 1.94 bits per heavy atom. The molecule has 0 aliphatic carbocycles. The smallest absolute Gasteiger partial charge is 0.159 e. The van der Waals surface area contributed by atoms with Gasteiger partial charge in [0.2, 0.25) is 0 Å². The molecular formula is C14H16F2N2. The van der Waals surface area contributed by atoms with E-state index in [0.29, 0.717) is 6.54 Å². The number of rotatable bonds is 4. The van der Waals surface area contributed by atoms with Crippen LogP contribution >= 0.6 is 0 Å². The molecule has 2 aromatic rings. The Labute approximate surface area is 105 Å². The third kappa shape index (κ3) is 3.17. The summed E-state index contributed by atoms with van der Waals surface area (Å²) in [5.41, 5.74) is 7.60. The summed E-state index contributed by atoms with van der Waals surface area (Å²) in [5.74, 6) is -1.63. The number of halogens is 2. The lowest BCUT2D eigenvalue weighted by molar-refractivity contribution is 0.506.